The second kappa shape index (κ2) is 4.82. The van der Waals surface area contributed by atoms with Crippen LogP contribution in [0.2, 0.25) is 0 Å². The van der Waals surface area contributed by atoms with Crippen molar-refractivity contribution in [1.82, 2.24) is 4.98 Å². The first-order valence-electron chi connectivity index (χ1n) is 4.54. The lowest BCUT2D eigenvalue weighted by molar-refractivity contribution is 0.338. The lowest BCUT2D eigenvalue weighted by Crippen LogP contribution is -2.17. The van der Waals surface area contributed by atoms with Crippen LogP contribution in [0.3, 0.4) is 0 Å². The summed E-state index contributed by atoms with van der Waals surface area (Å²) in [6.07, 6.45) is 4.38. The third-order valence-electron chi connectivity index (χ3n) is 1.64. The molecule has 3 heteroatoms. The largest absolute Gasteiger partial charge is 0.492 e. The quantitative estimate of drug-likeness (QED) is 0.761. The Morgan fingerprint density at radius 3 is 2.92 bits per heavy atom. The minimum atomic E-state index is 0.165. The highest BCUT2D eigenvalue weighted by Gasteiger charge is 2.00. The monoisotopic (exact) mass is 180 g/mol. The summed E-state index contributed by atoms with van der Waals surface area (Å²) >= 11 is 0. The van der Waals surface area contributed by atoms with Crippen LogP contribution in [0.25, 0.3) is 0 Å². The van der Waals surface area contributed by atoms with E-state index in [1.807, 2.05) is 26.1 Å². The fourth-order valence-corrected chi connectivity index (χ4v) is 1.19. The summed E-state index contributed by atoms with van der Waals surface area (Å²) in [6, 6.07) is 2.15. The molecule has 0 bridgehead atoms. The number of rotatable bonds is 4. The summed E-state index contributed by atoms with van der Waals surface area (Å²) < 4.78 is 5.32. The zero-order valence-corrected chi connectivity index (χ0v) is 8.16. The molecule has 0 saturated carbocycles. The first-order chi connectivity index (χ1) is 6.22. The molecule has 1 rings (SSSR count). The Labute approximate surface area is 78.9 Å². The van der Waals surface area contributed by atoms with Crippen LogP contribution >= 0.6 is 0 Å². The molecule has 0 saturated heterocycles. The van der Waals surface area contributed by atoms with E-state index in [9.17, 15) is 0 Å². The number of aromatic nitrogens is 1. The van der Waals surface area contributed by atoms with Gasteiger partial charge in [-0.25, -0.2) is 0 Å². The Hall–Kier alpha value is -1.09. The smallest absolute Gasteiger partial charge is 0.137 e. The minimum absolute atomic E-state index is 0.165. The van der Waals surface area contributed by atoms with Crippen molar-refractivity contribution in [2.24, 2.45) is 5.73 Å². The van der Waals surface area contributed by atoms with E-state index >= 15 is 0 Å². The van der Waals surface area contributed by atoms with E-state index in [2.05, 4.69) is 4.98 Å². The Morgan fingerprint density at radius 2 is 2.31 bits per heavy atom. The molecular formula is C10H16N2O. The molecule has 1 aromatic rings. The zero-order valence-electron chi connectivity index (χ0n) is 8.16. The molecule has 1 atom stereocenters. The summed E-state index contributed by atoms with van der Waals surface area (Å²) in [5.74, 6) is 0.820. The van der Waals surface area contributed by atoms with E-state index in [0.717, 1.165) is 17.7 Å². The van der Waals surface area contributed by atoms with Gasteiger partial charge in [0.1, 0.15) is 5.75 Å². The first kappa shape index (κ1) is 9.99. The molecule has 1 aromatic heterocycles. The fourth-order valence-electron chi connectivity index (χ4n) is 1.19. The van der Waals surface area contributed by atoms with Gasteiger partial charge in [-0.15, -0.1) is 0 Å². The highest BCUT2D eigenvalue weighted by atomic mass is 16.5. The molecule has 0 aliphatic heterocycles. The predicted octanol–water partition coefficient (Wildman–Crippen LogP) is 1.37. The molecule has 0 aliphatic rings. The van der Waals surface area contributed by atoms with Crippen LogP contribution in [0.15, 0.2) is 18.5 Å². The van der Waals surface area contributed by atoms with E-state index in [4.69, 9.17) is 10.5 Å². The van der Waals surface area contributed by atoms with Crippen LogP contribution in [0, 0.1) is 0 Å². The summed E-state index contributed by atoms with van der Waals surface area (Å²) in [7, 11) is 0. The Kier molecular flexibility index (Phi) is 3.71. The van der Waals surface area contributed by atoms with Crippen LogP contribution in [-0.2, 0) is 6.42 Å². The van der Waals surface area contributed by atoms with E-state index in [1.54, 1.807) is 6.20 Å². The maximum atomic E-state index is 5.68. The van der Waals surface area contributed by atoms with Gasteiger partial charge in [0.15, 0.2) is 0 Å². The average Bonchev–Trinajstić information content (AvgIpc) is 2.04. The summed E-state index contributed by atoms with van der Waals surface area (Å²) in [6.45, 7) is 4.61. The average molecular weight is 180 g/mol. The van der Waals surface area contributed by atoms with Crippen LogP contribution in [0.5, 0.6) is 5.75 Å². The molecule has 0 aromatic carbocycles. The van der Waals surface area contributed by atoms with Crippen molar-refractivity contribution in [1.29, 1.82) is 0 Å². The first-order valence-corrected chi connectivity index (χ1v) is 4.54. The number of hydrogen-bond acceptors (Lipinski definition) is 3. The van der Waals surface area contributed by atoms with Crippen molar-refractivity contribution < 1.29 is 4.74 Å². The van der Waals surface area contributed by atoms with Gasteiger partial charge in [0.25, 0.3) is 0 Å². The van der Waals surface area contributed by atoms with Crippen molar-refractivity contribution in [3.05, 3.63) is 24.0 Å². The predicted molar refractivity (Wildman–Crippen MR) is 52.8 cm³/mol. The molecule has 2 N–H and O–H groups in total. The maximum absolute atomic E-state index is 5.68. The molecule has 1 heterocycles. The number of ether oxygens (including phenoxy) is 1. The summed E-state index contributed by atoms with van der Waals surface area (Å²) in [5.41, 5.74) is 6.81. The summed E-state index contributed by atoms with van der Waals surface area (Å²) in [4.78, 5) is 4.08. The van der Waals surface area contributed by atoms with Gasteiger partial charge in [0.05, 0.1) is 12.8 Å². The second-order valence-corrected chi connectivity index (χ2v) is 3.14. The Bertz CT molecular complexity index is 261. The summed E-state index contributed by atoms with van der Waals surface area (Å²) in [5, 5.41) is 0. The van der Waals surface area contributed by atoms with E-state index in [0.29, 0.717) is 6.61 Å². The Morgan fingerprint density at radius 1 is 1.54 bits per heavy atom. The maximum Gasteiger partial charge on any atom is 0.137 e. The van der Waals surface area contributed by atoms with E-state index in [1.165, 1.54) is 0 Å². The fraction of sp³-hybridized carbons (Fsp3) is 0.500. The van der Waals surface area contributed by atoms with Crippen molar-refractivity contribution >= 4 is 0 Å². The topological polar surface area (TPSA) is 48.1 Å². The minimum Gasteiger partial charge on any atom is -0.492 e. The molecule has 72 valence electrons. The molecular weight excluding hydrogens is 164 g/mol. The van der Waals surface area contributed by atoms with Crippen LogP contribution < -0.4 is 10.5 Å². The van der Waals surface area contributed by atoms with Crippen molar-refractivity contribution in [2.75, 3.05) is 6.61 Å². The van der Waals surface area contributed by atoms with Crippen molar-refractivity contribution in [2.45, 2.75) is 26.3 Å². The van der Waals surface area contributed by atoms with Crippen LogP contribution in [0.4, 0.5) is 0 Å². The lowest BCUT2D eigenvalue weighted by Gasteiger charge is -2.07. The van der Waals surface area contributed by atoms with E-state index < -0.39 is 0 Å². The van der Waals surface area contributed by atoms with Gasteiger partial charge in [-0.05, 0) is 31.9 Å². The number of hydrogen-bond donors (Lipinski definition) is 1. The van der Waals surface area contributed by atoms with Gasteiger partial charge < -0.3 is 10.5 Å². The molecule has 13 heavy (non-hydrogen) atoms. The Balaban J connectivity index is 2.67. The number of pyridine rings is 1. The zero-order chi connectivity index (χ0) is 9.68. The van der Waals surface area contributed by atoms with Crippen molar-refractivity contribution in [3.63, 3.8) is 0 Å². The van der Waals surface area contributed by atoms with Crippen molar-refractivity contribution in [3.8, 4) is 5.75 Å². The van der Waals surface area contributed by atoms with Gasteiger partial charge >= 0.3 is 0 Å². The molecule has 0 spiro atoms. The second-order valence-electron chi connectivity index (χ2n) is 3.14. The highest BCUT2D eigenvalue weighted by molar-refractivity contribution is 5.24. The molecule has 0 aliphatic carbocycles. The molecule has 0 fully saturated rings. The van der Waals surface area contributed by atoms with Crippen LogP contribution in [-0.4, -0.2) is 17.6 Å². The molecule has 0 amide bonds. The van der Waals surface area contributed by atoms with E-state index in [-0.39, 0.29) is 6.04 Å². The van der Waals surface area contributed by atoms with Gasteiger partial charge in [-0.2, -0.15) is 0 Å². The van der Waals surface area contributed by atoms with Crippen LogP contribution in [0.1, 0.15) is 19.4 Å². The third kappa shape index (κ3) is 3.42. The number of nitrogens with zero attached hydrogens (tertiary/aromatic N) is 1. The van der Waals surface area contributed by atoms with Gasteiger partial charge in [0, 0.05) is 12.2 Å². The number of nitrogens with two attached hydrogens (primary N) is 1. The SMILES string of the molecule is CCOc1cncc(CC(C)N)c1. The normalized spacial score (nSPS) is 12.5. The molecule has 3 nitrogen and oxygen atoms in total. The molecule has 0 radical (unpaired) electrons. The van der Waals surface area contributed by atoms with Gasteiger partial charge in [-0.3, -0.25) is 4.98 Å². The third-order valence-corrected chi connectivity index (χ3v) is 1.64. The standard InChI is InChI=1S/C10H16N2O/c1-3-13-10-5-9(4-8(2)11)6-12-7-10/h5-8H,3-4,11H2,1-2H3. The highest BCUT2D eigenvalue weighted by Crippen LogP contribution is 2.11. The lowest BCUT2D eigenvalue weighted by atomic mass is 10.1. The van der Waals surface area contributed by atoms with Gasteiger partial charge in [-0.1, -0.05) is 0 Å². The molecule has 1 unspecified atom stereocenters. The van der Waals surface area contributed by atoms with Gasteiger partial charge in [0.2, 0.25) is 0 Å².